The van der Waals surface area contributed by atoms with Gasteiger partial charge < -0.3 is 0 Å². The molecule has 0 N–H and O–H groups in total. The summed E-state index contributed by atoms with van der Waals surface area (Å²) in [5.41, 5.74) is 0. The van der Waals surface area contributed by atoms with Crippen LogP contribution in [0.1, 0.15) is 32.6 Å². The van der Waals surface area contributed by atoms with Crippen LogP contribution in [0.2, 0.25) is 0 Å². The van der Waals surface area contributed by atoms with Crippen LogP contribution in [0, 0.1) is 0 Å². The largest absolute Gasteiger partial charge is 0.453 e. The smallest absolute Gasteiger partial charge is 0.285 e. The molecule has 0 amide bonds. The van der Waals surface area contributed by atoms with E-state index < -0.39 is 0 Å². The van der Waals surface area contributed by atoms with E-state index in [-0.39, 0.29) is 0 Å². The minimum Gasteiger partial charge on any atom is -0.285 e. The molecule has 0 saturated carbocycles. The van der Waals surface area contributed by atoms with Crippen LogP contribution >= 0.6 is 0 Å². The van der Waals surface area contributed by atoms with Crippen molar-refractivity contribution < 1.29 is 14.6 Å². The molecule has 0 unspecified atom stereocenters. The van der Waals surface area contributed by atoms with E-state index in [1.807, 2.05) is 0 Å². The number of carbonyl (C=O) groups excluding carboxylic acids is 1. The molecule has 0 aromatic carbocycles. The molecule has 0 aliphatic heterocycles. The minimum absolute atomic E-state index is 0.481. The average molecular weight is 145 g/mol. The molecule has 0 rings (SSSR count). The fourth-order valence-electron chi connectivity index (χ4n) is 0.653. The van der Waals surface area contributed by atoms with Crippen molar-refractivity contribution in [3.8, 4) is 0 Å². The first-order valence-electron chi connectivity index (χ1n) is 3.57. The van der Waals surface area contributed by atoms with Crippen molar-refractivity contribution in [2.75, 3.05) is 6.61 Å². The molecule has 3 heteroatoms. The maximum atomic E-state index is 9.42. The summed E-state index contributed by atoms with van der Waals surface area (Å²) < 4.78 is 0. The molecule has 3 nitrogen and oxygen atoms in total. The van der Waals surface area contributed by atoms with Crippen molar-refractivity contribution in [1.82, 2.24) is 0 Å². The standard InChI is InChI=1S/C7H13O3/c1-2-3-4-5-6-9-10-7-8/h2-6H2,1H3. The number of hydrogen-bond acceptors (Lipinski definition) is 3. The Bertz CT molecular complexity index is 73.3. The van der Waals surface area contributed by atoms with E-state index >= 15 is 0 Å². The molecule has 0 aliphatic carbocycles. The third-order valence-corrected chi connectivity index (χ3v) is 1.17. The van der Waals surface area contributed by atoms with Gasteiger partial charge in [-0.2, -0.15) is 4.89 Å². The van der Waals surface area contributed by atoms with Crippen LogP contribution in [-0.4, -0.2) is 13.1 Å². The van der Waals surface area contributed by atoms with Crippen LogP contribution in [0.3, 0.4) is 0 Å². The normalized spacial score (nSPS) is 9.30. The van der Waals surface area contributed by atoms with E-state index in [0.29, 0.717) is 6.61 Å². The maximum absolute atomic E-state index is 9.42. The summed E-state index contributed by atoms with van der Waals surface area (Å²) >= 11 is 0. The monoisotopic (exact) mass is 145 g/mol. The van der Waals surface area contributed by atoms with Crippen LogP contribution in [0.15, 0.2) is 0 Å². The van der Waals surface area contributed by atoms with Crippen LogP contribution < -0.4 is 0 Å². The first-order valence-corrected chi connectivity index (χ1v) is 3.57. The van der Waals surface area contributed by atoms with Crippen molar-refractivity contribution in [2.45, 2.75) is 32.6 Å². The Balaban J connectivity index is 2.70. The number of hydrogen-bond donors (Lipinski definition) is 0. The Morgan fingerprint density at radius 1 is 1.30 bits per heavy atom. The van der Waals surface area contributed by atoms with Gasteiger partial charge in [0.25, 0.3) is 0 Å². The predicted molar refractivity (Wildman–Crippen MR) is 36.9 cm³/mol. The van der Waals surface area contributed by atoms with Gasteiger partial charge in [-0.15, -0.1) is 0 Å². The third kappa shape index (κ3) is 7.43. The molecular weight excluding hydrogens is 132 g/mol. The minimum atomic E-state index is 0.481. The zero-order valence-corrected chi connectivity index (χ0v) is 6.26. The summed E-state index contributed by atoms with van der Waals surface area (Å²) in [5.74, 6) is 0. The second kappa shape index (κ2) is 8.43. The van der Waals surface area contributed by atoms with Gasteiger partial charge in [0, 0.05) is 0 Å². The predicted octanol–water partition coefficient (Wildman–Crippen LogP) is 1.58. The van der Waals surface area contributed by atoms with Gasteiger partial charge >= 0.3 is 6.47 Å². The van der Waals surface area contributed by atoms with Gasteiger partial charge in [-0.1, -0.05) is 26.2 Å². The van der Waals surface area contributed by atoms with Crippen LogP contribution in [-0.2, 0) is 14.6 Å². The summed E-state index contributed by atoms with van der Waals surface area (Å²) in [5, 5.41) is 0. The van der Waals surface area contributed by atoms with Gasteiger partial charge in [-0.3, -0.25) is 4.89 Å². The van der Waals surface area contributed by atoms with E-state index in [1.54, 1.807) is 0 Å². The van der Waals surface area contributed by atoms with Crippen LogP contribution in [0.25, 0.3) is 0 Å². The molecule has 0 aromatic rings. The highest BCUT2D eigenvalue weighted by molar-refractivity contribution is 5.36. The van der Waals surface area contributed by atoms with Gasteiger partial charge in [0.15, 0.2) is 0 Å². The highest BCUT2D eigenvalue weighted by atomic mass is 17.2. The molecule has 0 fully saturated rings. The second-order valence-corrected chi connectivity index (χ2v) is 2.05. The number of unbranched alkanes of at least 4 members (excludes halogenated alkanes) is 3. The molecule has 0 heterocycles. The van der Waals surface area contributed by atoms with E-state index in [1.165, 1.54) is 19.3 Å². The fourth-order valence-corrected chi connectivity index (χ4v) is 0.653. The molecule has 0 spiro atoms. The van der Waals surface area contributed by atoms with Crippen molar-refractivity contribution >= 4 is 6.47 Å². The first-order chi connectivity index (χ1) is 4.91. The molecule has 10 heavy (non-hydrogen) atoms. The quantitative estimate of drug-likeness (QED) is 0.310. The summed E-state index contributed by atoms with van der Waals surface area (Å²) in [6.07, 6.45) is 4.46. The van der Waals surface area contributed by atoms with E-state index in [4.69, 9.17) is 0 Å². The van der Waals surface area contributed by atoms with Gasteiger partial charge in [0.1, 0.15) is 0 Å². The molecule has 1 radical (unpaired) electrons. The van der Waals surface area contributed by atoms with Gasteiger partial charge in [0.05, 0.1) is 6.61 Å². The summed E-state index contributed by atoms with van der Waals surface area (Å²) in [6, 6.07) is 0. The Morgan fingerprint density at radius 2 is 2.10 bits per heavy atom. The highest BCUT2D eigenvalue weighted by Gasteiger charge is 1.88. The highest BCUT2D eigenvalue weighted by Crippen LogP contribution is 1.98. The van der Waals surface area contributed by atoms with E-state index in [2.05, 4.69) is 16.7 Å². The summed E-state index contributed by atoms with van der Waals surface area (Å²) in [7, 11) is 0. The lowest BCUT2D eigenvalue weighted by atomic mass is 10.2. The second-order valence-electron chi connectivity index (χ2n) is 2.05. The van der Waals surface area contributed by atoms with Crippen molar-refractivity contribution in [1.29, 1.82) is 0 Å². The van der Waals surface area contributed by atoms with Crippen molar-refractivity contribution in [3.63, 3.8) is 0 Å². The Kier molecular flexibility index (Phi) is 7.95. The summed E-state index contributed by atoms with van der Waals surface area (Å²) in [6.45, 7) is 3.80. The van der Waals surface area contributed by atoms with Gasteiger partial charge in [-0.05, 0) is 6.42 Å². The fraction of sp³-hybridized carbons (Fsp3) is 0.857. The van der Waals surface area contributed by atoms with E-state index in [9.17, 15) is 4.79 Å². The lowest BCUT2D eigenvalue weighted by Gasteiger charge is -1.96. The average Bonchev–Trinajstić information content (AvgIpc) is 1.97. The molecule has 0 aliphatic rings. The van der Waals surface area contributed by atoms with Crippen LogP contribution in [0.5, 0.6) is 0 Å². The Hall–Kier alpha value is -0.570. The topological polar surface area (TPSA) is 35.5 Å². The van der Waals surface area contributed by atoms with Gasteiger partial charge in [-0.25, -0.2) is 4.79 Å². The zero-order chi connectivity index (χ0) is 7.66. The molecule has 0 bridgehead atoms. The van der Waals surface area contributed by atoms with Crippen LogP contribution in [0.4, 0.5) is 0 Å². The lowest BCUT2D eigenvalue weighted by Crippen LogP contribution is -1.94. The zero-order valence-electron chi connectivity index (χ0n) is 6.26. The number of rotatable bonds is 7. The Morgan fingerprint density at radius 3 is 2.70 bits per heavy atom. The summed E-state index contributed by atoms with van der Waals surface area (Å²) in [4.78, 5) is 17.7. The van der Waals surface area contributed by atoms with Gasteiger partial charge in [0.2, 0.25) is 0 Å². The first kappa shape index (κ1) is 9.43. The molecule has 59 valence electrons. The SMILES string of the molecule is CCCCCCOO[C]=O. The molecular formula is C7H13O3. The van der Waals surface area contributed by atoms with E-state index in [0.717, 1.165) is 12.8 Å². The lowest BCUT2D eigenvalue weighted by molar-refractivity contribution is -0.222. The third-order valence-electron chi connectivity index (χ3n) is 1.17. The molecule has 0 saturated heterocycles. The van der Waals surface area contributed by atoms with Crippen molar-refractivity contribution in [2.24, 2.45) is 0 Å². The molecule has 0 atom stereocenters. The molecule has 0 aromatic heterocycles. The maximum Gasteiger partial charge on any atom is 0.453 e. The van der Waals surface area contributed by atoms with Crippen molar-refractivity contribution in [3.05, 3.63) is 0 Å². The Labute approximate surface area is 61.2 Å².